The fourth-order valence-corrected chi connectivity index (χ4v) is 3.63. The maximum atomic E-state index is 12.7. The van der Waals surface area contributed by atoms with Crippen molar-refractivity contribution < 1.29 is 19.1 Å². The molecule has 0 aliphatic carbocycles. The van der Waals surface area contributed by atoms with Crippen LogP contribution in [0, 0.1) is 0 Å². The lowest BCUT2D eigenvalue weighted by molar-refractivity contribution is -0.150. The number of amides is 3. The van der Waals surface area contributed by atoms with E-state index in [1.165, 1.54) is 0 Å². The van der Waals surface area contributed by atoms with E-state index in [4.69, 9.17) is 9.47 Å². The van der Waals surface area contributed by atoms with E-state index in [2.05, 4.69) is 10.2 Å². The molecule has 3 aliphatic heterocycles. The van der Waals surface area contributed by atoms with Gasteiger partial charge in [-0.05, 0) is 13.5 Å². The van der Waals surface area contributed by atoms with Crippen molar-refractivity contribution in [2.24, 2.45) is 0 Å². The van der Waals surface area contributed by atoms with Crippen LogP contribution in [0.15, 0.2) is 0 Å². The maximum Gasteiger partial charge on any atom is 0.318 e. The van der Waals surface area contributed by atoms with Crippen molar-refractivity contribution in [3.63, 3.8) is 0 Å². The van der Waals surface area contributed by atoms with Crippen molar-refractivity contribution in [2.75, 3.05) is 60.1 Å². The maximum absolute atomic E-state index is 12.7. The third-order valence-corrected chi connectivity index (χ3v) is 4.94. The molecule has 3 aliphatic rings. The van der Waals surface area contributed by atoms with E-state index >= 15 is 0 Å². The second-order valence-corrected chi connectivity index (χ2v) is 6.50. The summed E-state index contributed by atoms with van der Waals surface area (Å²) in [5.41, 5.74) is 0. The van der Waals surface area contributed by atoms with Gasteiger partial charge >= 0.3 is 6.03 Å². The van der Waals surface area contributed by atoms with Crippen LogP contribution in [0.4, 0.5) is 4.79 Å². The molecule has 0 aromatic rings. The standard InChI is InChI=1S/C15H26N4O4/c1-17-5-8-23-13(10-17)14(20)18-4-3-12-11(9-18)16-15(21)19(12)6-7-22-2/h11-13H,3-10H2,1-2H3,(H,16,21)/t11-,12+,13?/m0/s1. The highest BCUT2D eigenvalue weighted by molar-refractivity contribution is 5.82. The molecule has 3 rings (SSSR count). The average molecular weight is 326 g/mol. The van der Waals surface area contributed by atoms with Crippen molar-refractivity contribution in [3.8, 4) is 0 Å². The lowest BCUT2D eigenvalue weighted by Gasteiger charge is -2.39. The Balaban J connectivity index is 1.58. The molecule has 3 amide bonds. The lowest BCUT2D eigenvalue weighted by Crippen LogP contribution is -2.57. The van der Waals surface area contributed by atoms with Crippen LogP contribution in [0.3, 0.4) is 0 Å². The number of ether oxygens (including phenoxy) is 2. The van der Waals surface area contributed by atoms with Crippen LogP contribution < -0.4 is 5.32 Å². The Hall–Kier alpha value is -1.38. The molecule has 0 aromatic heterocycles. The summed E-state index contributed by atoms with van der Waals surface area (Å²) in [5.74, 6) is 0.0413. The Morgan fingerprint density at radius 3 is 2.96 bits per heavy atom. The predicted molar refractivity (Wildman–Crippen MR) is 83.1 cm³/mol. The zero-order chi connectivity index (χ0) is 16.4. The molecular formula is C15H26N4O4. The highest BCUT2D eigenvalue weighted by Crippen LogP contribution is 2.23. The van der Waals surface area contributed by atoms with Gasteiger partial charge in [-0.15, -0.1) is 0 Å². The SMILES string of the molecule is COCCN1C(=O)N[C@H]2CN(C(=O)C3CN(C)CCO3)CC[C@H]21. The quantitative estimate of drug-likeness (QED) is 0.714. The van der Waals surface area contributed by atoms with Gasteiger partial charge in [0.2, 0.25) is 0 Å². The highest BCUT2D eigenvalue weighted by atomic mass is 16.5. The summed E-state index contributed by atoms with van der Waals surface area (Å²) in [6, 6.07) is 0.0926. The average Bonchev–Trinajstić information content (AvgIpc) is 2.86. The summed E-state index contributed by atoms with van der Waals surface area (Å²) >= 11 is 0. The molecule has 0 bridgehead atoms. The third-order valence-electron chi connectivity index (χ3n) is 4.94. The third kappa shape index (κ3) is 3.44. The number of carbonyl (C=O) groups is 2. The summed E-state index contributed by atoms with van der Waals surface area (Å²) in [4.78, 5) is 30.5. The number of rotatable bonds is 4. The first-order valence-corrected chi connectivity index (χ1v) is 8.25. The van der Waals surface area contributed by atoms with E-state index in [0.717, 1.165) is 13.0 Å². The highest BCUT2D eigenvalue weighted by Gasteiger charge is 2.44. The number of methoxy groups -OCH3 is 1. The van der Waals surface area contributed by atoms with Crippen LogP contribution >= 0.6 is 0 Å². The molecule has 0 spiro atoms. The molecule has 8 nitrogen and oxygen atoms in total. The number of nitrogens with zero attached hydrogens (tertiary/aromatic N) is 3. The first-order chi connectivity index (χ1) is 11.1. The number of morpholine rings is 1. The summed E-state index contributed by atoms with van der Waals surface area (Å²) in [6.45, 7) is 4.43. The van der Waals surface area contributed by atoms with Crippen molar-refractivity contribution in [1.82, 2.24) is 20.0 Å². The Labute approximate surface area is 136 Å². The zero-order valence-corrected chi connectivity index (χ0v) is 13.9. The van der Waals surface area contributed by atoms with Crippen LogP contribution in [0.25, 0.3) is 0 Å². The molecule has 3 atom stereocenters. The van der Waals surface area contributed by atoms with E-state index < -0.39 is 0 Å². The summed E-state index contributed by atoms with van der Waals surface area (Å²) in [5, 5.41) is 3.00. The van der Waals surface area contributed by atoms with Crippen molar-refractivity contribution in [1.29, 1.82) is 0 Å². The van der Waals surface area contributed by atoms with Crippen LogP contribution in [-0.4, -0.2) is 105 Å². The smallest absolute Gasteiger partial charge is 0.318 e. The summed E-state index contributed by atoms with van der Waals surface area (Å²) < 4.78 is 10.7. The molecule has 8 heteroatoms. The number of urea groups is 1. The van der Waals surface area contributed by atoms with Gasteiger partial charge in [0.05, 0.1) is 25.3 Å². The van der Waals surface area contributed by atoms with Gasteiger partial charge in [-0.2, -0.15) is 0 Å². The van der Waals surface area contributed by atoms with Crippen LogP contribution in [0.5, 0.6) is 0 Å². The molecule has 130 valence electrons. The fraction of sp³-hybridized carbons (Fsp3) is 0.867. The first kappa shape index (κ1) is 16.5. The molecule has 1 N–H and O–H groups in total. The monoisotopic (exact) mass is 326 g/mol. The largest absolute Gasteiger partial charge is 0.383 e. The molecule has 3 heterocycles. The molecule has 0 aromatic carbocycles. The van der Waals surface area contributed by atoms with Gasteiger partial charge in [-0.3, -0.25) is 4.79 Å². The Bertz CT molecular complexity index is 461. The van der Waals surface area contributed by atoms with Gasteiger partial charge in [0.1, 0.15) is 6.10 Å². The first-order valence-electron chi connectivity index (χ1n) is 8.25. The number of piperidine rings is 1. The molecule has 0 radical (unpaired) electrons. The Kier molecular flexibility index (Phi) is 5.03. The van der Waals surface area contributed by atoms with E-state index in [1.54, 1.807) is 7.11 Å². The fourth-order valence-electron chi connectivity index (χ4n) is 3.63. The second-order valence-electron chi connectivity index (χ2n) is 6.50. The lowest BCUT2D eigenvalue weighted by atomic mass is 9.99. The summed E-state index contributed by atoms with van der Waals surface area (Å²) in [7, 11) is 3.63. The van der Waals surface area contributed by atoms with E-state index in [1.807, 2.05) is 16.8 Å². The Morgan fingerprint density at radius 2 is 2.22 bits per heavy atom. The molecule has 0 saturated carbocycles. The zero-order valence-electron chi connectivity index (χ0n) is 13.9. The van der Waals surface area contributed by atoms with Crippen LogP contribution in [0.1, 0.15) is 6.42 Å². The number of hydrogen-bond acceptors (Lipinski definition) is 5. The van der Waals surface area contributed by atoms with E-state index in [9.17, 15) is 9.59 Å². The van der Waals surface area contributed by atoms with Gasteiger partial charge in [-0.25, -0.2) is 4.79 Å². The Morgan fingerprint density at radius 1 is 1.39 bits per heavy atom. The number of nitrogens with one attached hydrogen (secondary N) is 1. The van der Waals surface area contributed by atoms with E-state index in [0.29, 0.717) is 39.4 Å². The molecule has 3 fully saturated rings. The number of hydrogen-bond donors (Lipinski definition) is 1. The van der Waals surface area contributed by atoms with Crippen LogP contribution in [-0.2, 0) is 14.3 Å². The molecule has 3 saturated heterocycles. The summed E-state index contributed by atoms with van der Waals surface area (Å²) in [6.07, 6.45) is 0.411. The van der Waals surface area contributed by atoms with Crippen molar-refractivity contribution in [2.45, 2.75) is 24.6 Å². The van der Waals surface area contributed by atoms with Crippen molar-refractivity contribution in [3.05, 3.63) is 0 Å². The minimum atomic E-state index is -0.382. The predicted octanol–water partition coefficient (Wildman–Crippen LogP) is -1.04. The minimum Gasteiger partial charge on any atom is -0.383 e. The van der Waals surface area contributed by atoms with Gasteiger partial charge in [0, 0.05) is 39.8 Å². The van der Waals surface area contributed by atoms with Crippen LogP contribution in [0.2, 0.25) is 0 Å². The number of likely N-dealkylation sites (tertiary alicyclic amines) is 1. The molecule has 1 unspecified atom stereocenters. The molecule has 23 heavy (non-hydrogen) atoms. The normalized spacial score (nSPS) is 31.9. The number of likely N-dealkylation sites (N-methyl/N-ethyl adjacent to an activating group) is 1. The van der Waals surface area contributed by atoms with Gasteiger partial charge in [-0.1, -0.05) is 0 Å². The number of carbonyl (C=O) groups excluding carboxylic acids is 2. The van der Waals surface area contributed by atoms with E-state index in [-0.39, 0.29) is 30.1 Å². The topological polar surface area (TPSA) is 74.4 Å². The van der Waals surface area contributed by atoms with Gasteiger partial charge in [0.15, 0.2) is 0 Å². The number of fused-ring (bicyclic) bond motifs is 1. The van der Waals surface area contributed by atoms with Crippen molar-refractivity contribution >= 4 is 11.9 Å². The van der Waals surface area contributed by atoms with Gasteiger partial charge < -0.3 is 29.5 Å². The van der Waals surface area contributed by atoms with Gasteiger partial charge in [0.25, 0.3) is 5.91 Å². The molecular weight excluding hydrogens is 300 g/mol. The minimum absolute atomic E-state index is 0.00150. The second kappa shape index (κ2) is 7.02.